The van der Waals surface area contributed by atoms with Crippen LogP contribution in [0.5, 0.6) is 11.5 Å². The summed E-state index contributed by atoms with van der Waals surface area (Å²) in [5.74, 6) is 2.06. The molecule has 0 spiro atoms. The number of imidazole rings is 1. The van der Waals surface area contributed by atoms with Crippen molar-refractivity contribution in [2.45, 2.75) is 18.9 Å². The number of aromatic amines is 1. The van der Waals surface area contributed by atoms with Crippen LogP contribution in [0.3, 0.4) is 0 Å². The number of nitrogens with one attached hydrogen (secondary N) is 1. The predicted molar refractivity (Wildman–Crippen MR) is 120 cm³/mol. The molecule has 7 nitrogen and oxygen atoms in total. The number of carbonyl (C=O) groups excluding carboxylic acids is 1. The molecule has 1 N–H and O–H groups in total. The molecule has 2 aromatic heterocycles. The van der Waals surface area contributed by atoms with Crippen LogP contribution in [0.15, 0.2) is 47.8 Å². The number of methoxy groups -OCH3 is 2. The normalized spacial score (nSPS) is 16.1. The zero-order valence-corrected chi connectivity index (χ0v) is 18.1. The summed E-state index contributed by atoms with van der Waals surface area (Å²) in [4.78, 5) is 27.9. The third-order valence-corrected chi connectivity index (χ3v) is 6.48. The van der Waals surface area contributed by atoms with Crippen molar-refractivity contribution in [2.75, 3.05) is 20.8 Å². The fourth-order valence-corrected chi connectivity index (χ4v) is 4.84. The van der Waals surface area contributed by atoms with Crippen LogP contribution in [-0.2, 0) is 0 Å². The first-order chi connectivity index (χ1) is 15.2. The van der Waals surface area contributed by atoms with Gasteiger partial charge >= 0.3 is 0 Å². The molecule has 3 heterocycles. The number of hydrogen-bond acceptors (Lipinski definition) is 6. The van der Waals surface area contributed by atoms with E-state index in [9.17, 15) is 4.79 Å². The van der Waals surface area contributed by atoms with Crippen molar-refractivity contribution in [3.63, 3.8) is 0 Å². The highest BCUT2D eigenvalue weighted by Gasteiger charge is 2.33. The van der Waals surface area contributed by atoms with E-state index >= 15 is 0 Å². The Morgan fingerprint density at radius 2 is 1.97 bits per heavy atom. The molecule has 0 bridgehead atoms. The molecule has 1 atom stereocenters. The molecule has 1 amide bonds. The van der Waals surface area contributed by atoms with Crippen molar-refractivity contribution in [1.29, 1.82) is 0 Å². The average molecular weight is 435 g/mol. The molecule has 0 aliphatic carbocycles. The van der Waals surface area contributed by atoms with E-state index in [1.54, 1.807) is 14.2 Å². The van der Waals surface area contributed by atoms with Gasteiger partial charge in [-0.2, -0.15) is 0 Å². The molecule has 1 fully saturated rings. The van der Waals surface area contributed by atoms with E-state index in [4.69, 9.17) is 14.5 Å². The monoisotopic (exact) mass is 434 g/mol. The zero-order valence-electron chi connectivity index (χ0n) is 17.3. The molecule has 158 valence electrons. The van der Waals surface area contributed by atoms with Crippen molar-refractivity contribution in [3.8, 4) is 22.1 Å². The predicted octanol–water partition coefficient (Wildman–Crippen LogP) is 4.68. The van der Waals surface area contributed by atoms with Gasteiger partial charge in [-0.15, -0.1) is 11.3 Å². The van der Waals surface area contributed by atoms with Crippen LogP contribution in [0.4, 0.5) is 0 Å². The number of aromatic nitrogens is 3. The maximum absolute atomic E-state index is 13.3. The molecule has 0 unspecified atom stereocenters. The van der Waals surface area contributed by atoms with Gasteiger partial charge in [0.1, 0.15) is 16.5 Å². The van der Waals surface area contributed by atoms with Crippen LogP contribution in [0, 0.1) is 0 Å². The van der Waals surface area contributed by atoms with Gasteiger partial charge in [-0.3, -0.25) is 4.79 Å². The highest BCUT2D eigenvalue weighted by Crippen LogP contribution is 2.36. The standard InChI is InChI=1S/C23H22N4O3S/c1-29-19-10-9-14(12-20(19)30-2)22-26-17(13-31-22)23(28)27-11-5-8-18(27)21-24-15-6-3-4-7-16(15)25-21/h3-4,6-7,9-10,12-13,18H,5,8,11H2,1-2H3,(H,24,25)/t18-/m1/s1. The van der Waals surface area contributed by atoms with Crippen molar-refractivity contribution < 1.29 is 14.3 Å². The fraction of sp³-hybridized carbons (Fsp3) is 0.261. The second-order valence-corrected chi connectivity index (χ2v) is 8.26. The summed E-state index contributed by atoms with van der Waals surface area (Å²) in [5.41, 5.74) is 3.25. The second kappa shape index (κ2) is 8.03. The quantitative estimate of drug-likeness (QED) is 0.493. The van der Waals surface area contributed by atoms with Crippen molar-refractivity contribution in [2.24, 2.45) is 0 Å². The van der Waals surface area contributed by atoms with Crippen LogP contribution >= 0.6 is 11.3 Å². The van der Waals surface area contributed by atoms with Crippen LogP contribution in [-0.4, -0.2) is 46.5 Å². The Morgan fingerprint density at radius 1 is 1.13 bits per heavy atom. The molecular formula is C23H22N4O3S. The minimum absolute atomic E-state index is 0.0638. The number of thiazole rings is 1. The molecule has 1 aliphatic heterocycles. The molecular weight excluding hydrogens is 412 g/mol. The Bertz CT molecular complexity index is 1220. The third-order valence-electron chi connectivity index (χ3n) is 5.59. The Balaban J connectivity index is 1.41. The van der Waals surface area contributed by atoms with Gasteiger partial charge in [-0.25, -0.2) is 9.97 Å². The summed E-state index contributed by atoms with van der Waals surface area (Å²) in [6, 6.07) is 13.5. The number of carbonyl (C=O) groups is 1. The minimum atomic E-state index is -0.0640. The average Bonchev–Trinajstić information content (AvgIpc) is 3.56. The van der Waals surface area contributed by atoms with Crippen LogP contribution < -0.4 is 9.47 Å². The highest BCUT2D eigenvalue weighted by atomic mass is 32.1. The number of hydrogen-bond donors (Lipinski definition) is 1. The van der Waals surface area contributed by atoms with E-state index in [-0.39, 0.29) is 11.9 Å². The van der Waals surface area contributed by atoms with E-state index in [1.165, 1.54) is 11.3 Å². The molecule has 1 saturated heterocycles. The SMILES string of the molecule is COc1ccc(-c2nc(C(=O)N3CCC[C@@H]3c3nc4ccccc4[nH]3)cs2)cc1OC. The lowest BCUT2D eigenvalue weighted by Gasteiger charge is -2.22. The maximum Gasteiger partial charge on any atom is 0.273 e. The van der Waals surface area contributed by atoms with E-state index in [2.05, 4.69) is 9.97 Å². The number of para-hydroxylation sites is 2. The number of nitrogens with zero attached hydrogens (tertiary/aromatic N) is 3. The number of fused-ring (bicyclic) bond motifs is 1. The molecule has 2 aromatic carbocycles. The zero-order chi connectivity index (χ0) is 21.4. The number of amides is 1. The summed E-state index contributed by atoms with van der Waals surface area (Å²) in [7, 11) is 3.20. The lowest BCUT2D eigenvalue weighted by atomic mass is 10.2. The van der Waals surface area contributed by atoms with Crippen molar-refractivity contribution in [3.05, 3.63) is 59.4 Å². The van der Waals surface area contributed by atoms with Crippen molar-refractivity contribution >= 4 is 28.3 Å². The molecule has 31 heavy (non-hydrogen) atoms. The molecule has 5 rings (SSSR count). The number of likely N-dealkylation sites (tertiary alicyclic amines) is 1. The number of ether oxygens (including phenoxy) is 2. The van der Waals surface area contributed by atoms with Crippen molar-refractivity contribution in [1.82, 2.24) is 19.9 Å². The smallest absolute Gasteiger partial charge is 0.273 e. The van der Waals surface area contributed by atoms with Gasteiger partial charge in [0, 0.05) is 17.5 Å². The lowest BCUT2D eigenvalue weighted by Crippen LogP contribution is -2.31. The molecule has 1 aliphatic rings. The first-order valence-corrected chi connectivity index (χ1v) is 11.0. The van der Waals surface area contributed by atoms with Gasteiger partial charge in [0.15, 0.2) is 11.5 Å². The summed E-state index contributed by atoms with van der Waals surface area (Å²) < 4.78 is 10.7. The fourth-order valence-electron chi connectivity index (χ4n) is 4.05. The van der Waals surface area contributed by atoms with E-state index in [1.807, 2.05) is 52.7 Å². The summed E-state index contributed by atoms with van der Waals surface area (Å²) in [6.45, 7) is 0.698. The van der Waals surface area contributed by atoms with Gasteiger partial charge in [0.25, 0.3) is 5.91 Å². The van der Waals surface area contributed by atoms with Gasteiger partial charge in [0.2, 0.25) is 0 Å². The van der Waals surface area contributed by atoms with E-state index < -0.39 is 0 Å². The van der Waals surface area contributed by atoms with E-state index in [0.717, 1.165) is 40.3 Å². The summed E-state index contributed by atoms with van der Waals surface area (Å²) in [6.07, 6.45) is 1.83. The minimum Gasteiger partial charge on any atom is -0.493 e. The maximum atomic E-state index is 13.3. The van der Waals surface area contributed by atoms with Crippen LogP contribution in [0.2, 0.25) is 0 Å². The Hall–Kier alpha value is -3.39. The van der Waals surface area contributed by atoms with Crippen LogP contribution in [0.25, 0.3) is 21.6 Å². The molecule has 0 radical (unpaired) electrons. The lowest BCUT2D eigenvalue weighted by molar-refractivity contribution is 0.0725. The molecule has 4 aromatic rings. The van der Waals surface area contributed by atoms with Gasteiger partial charge in [-0.05, 0) is 43.2 Å². The van der Waals surface area contributed by atoms with Crippen LogP contribution in [0.1, 0.15) is 35.2 Å². The largest absolute Gasteiger partial charge is 0.493 e. The van der Waals surface area contributed by atoms with Gasteiger partial charge in [-0.1, -0.05) is 12.1 Å². The molecule has 0 saturated carbocycles. The number of rotatable bonds is 5. The Kier molecular flexibility index (Phi) is 5.07. The van der Waals surface area contributed by atoms with Gasteiger partial charge in [0.05, 0.1) is 31.3 Å². The second-order valence-electron chi connectivity index (χ2n) is 7.40. The Labute approximate surface area is 183 Å². The number of benzene rings is 2. The first-order valence-electron chi connectivity index (χ1n) is 10.1. The van der Waals surface area contributed by atoms with E-state index in [0.29, 0.717) is 23.7 Å². The number of H-pyrrole nitrogens is 1. The molecule has 8 heteroatoms. The highest BCUT2D eigenvalue weighted by molar-refractivity contribution is 7.13. The summed E-state index contributed by atoms with van der Waals surface area (Å²) >= 11 is 1.44. The summed E-state index contributed by atoms with van der Waals surface area (Å²) in [5, 5.41) is 2.59. The topological polar surface area (TPSA) is 80.3 Å². The Morgan fingerprint density at radius 3 is 2.77 bits per heavy atom. The van der Waals surface area contributed by atoms with Gasteiger partial charge < -0.3 is 19.4 Å². The third kappa shape index (κ3) is 3.53. The first kappa shape index (κ1) is 19.6.